The number of nitrogens with one attached hydrogen (secondary N) is 2. The van der Waals surface area contributed by atoms with Crippen LogP contribution in [0.15, 0.2) is 42.5 Å². The van der Waals surface area contributed by atoms with Crippen molar-refractivity contribution in [1.29, 1.82) is 0 Å². The highest BCUT2D eigenvalue weighted by Crippen LogP contribution is 2.29. The highest BCUT2D eigenvalue weighted by Gasteiger charge is 2.30. The average Bonchev–Trinajstić information content (AvgIpc) is 2.99. The van der Waals surface area contributed by atoms with E-state index in [0.29, 0.717) is 26.2 Å². The first-order valence-electron chi connectivity index (χ1n) is 10.7. The van der Waals surface area contributed by atoms with Crippen LogP contribution >= 0.6 is 0 Å². The van der Waals surface area contributed by atoms with Crippen molar-refractivity contribution in [3.05, 3.63) is 65.2 Å². The number of hydrogen-bond donors (Lipinski definition) is 2. The summed E-state index contributed by atoms with van der Waals surface area (Å²) in [6.45, 7) is 2.94. The first-order valence-corrected chi connectivity index (χ1v) is 10.7. The van der Waals surface area contributed by atoms with Crippen LogP contribution in [0.5, 0.6) is 0 Å². The maximum Gasteiger partial charge on any atom is 0.416 e. The van der Waals surface area contributed by atoms with Gasteiger partial charge in [0.15, 0.2) is 11.6 Å². The van der Waals surface area contributed by atoms with E-state index in [1.807, 2.05) is 4.90 Å². The lowest BCUT2D eigenvalue weighted by Crippen LogP contribution is -2.41. The minimum absolute atomic E-state index is 0.0822. The van der Waals surface area contributed by atoms with Gasteiger partial charge in [0.05, 0.1) is 18.7 Å². The maximum absolute atomic E-state index is 13.2. The fourth-order valence-corrected chi connectivity index (χ4v) is 3.61. The largest absolute Gasteiger partial charge is 0.416 e. The molecule has 0 saturated carbocycles. The summed E-state index contributed by atoms with van der Waals surface area (Å²) in [7, 11) is 0. The van der Waals surface area contributed by atoms with Gasteiger partial charge < -0.3 is 10.6 Å². The van der Waals surface area contributed by atoms with Crippen molar-refractivity contribution in [3.8, 4) is 0 Å². The topological polar surface area (TPSA) is 64.7 Å². The minimum atomic E-state index is -4.36. The molecule has 3 rings (SSSR count). The molecule has 0 atom stereocenters. The molecule has 184 valence electrons. The van der Waals surface area contributed by atoms with Crippen molar-refractivity contribution in [2.75, 3.05) is 44.6 Å². The quantitative estimate of drug-likeness (QED) is 0.593. The van der Waals surface area contributed by atoms with Crippen LogP contribution in [-0.2, 0) is 22.3 Å². The van der Waals surface area contributed by atoms with Gasteiger partial charge in [0.2, 0.25) is 11.8 Å². The number of anilines is 1. The van der Waals surface area contributed by atoms with Crippen molar-refractivity contribution in [3.63, 3.8) is 0 Å². The van der Waals surface area contributed by atoms with Gasteiger partial charge in [-0.1, -0.05) is 12.1 Å². The predicted molar refractivity (Wildman–Crippen MR) is 116 cm³/mol. The molecule has 2 amide bonds. The van der Waals surface area contributed by atoms with Gasteiger partial charge in [-0.05, 0) is 49.3 Å². The fourth-order valence-electron chi connectivity index (χ4n) is 3.61. The Morgan fingerprint density at radius 2 is 1.53 bits per heavy atom. The highest BCUT2D eigenvalue weighted by molar-refractivity contribution is 5.94. The molecule has 2 aromatic rings. The van der Waals surface area contributed by atoms with Crippen molar-refractivity contribution in [1.82, 2.24) is 15.1 Å². The molecule has 1 heterocycles. The zero-order valence-corrected chi connectivity index (χ0v) is 18.3. The second-order valence-corrected chi connectivity index (χ2v) is 8.05. The Hall–Kier alpha value is -3.05. The van der Waals surface area contributed by atoms with Crippen LogP contribution < -0.4 is 10.6 Å². The lowest BCUT2D eigenvalue weighted by molar-refractivity contribution is -0.137. The molecule has 1 fully saturated rings. The number of carbonyl (C=O) groups is 2. The van der Waals surface area contributed by atoms with Crippen molar-refractivity contribution >= 4 is 17.5 Å². The molecule has 2 N–H and O–H groups in total. The number of amides is 2. The number of hydrogen-bond acceptors (Lipinski definition) is 4. The molecule has 0 radical (unpaired) electrons. The van der Waals surface area contributed by atoms with E-state index < -0.39 is 29.3 Å². The van der Waals surface area contributed by atoms with Crippen molar-refractivity contribution < 1.29 is 31.5 Å². The van der Waals surface area contributed by atoms with Crippen molar-refractivity contribution in [2.24, 2.45) is 0 Å². The molecule has 0 unspecified atom stereocenters. The maximum atomic E-state index is 13.2. The number of nitrogens with zero attached hydrogens (tertiary/aromatic N) is 2. The lowest BCUT2D eigenvalue weighted by Gasteiger charge is -2.21. The van der Waals surface area contributed by atoms with E-state index in [9.17, 15) is 31.5 Å². The van der Waals surface area contributed by atoms with E-state index in [1.165, 1.54) is 18.2 Å². The molecule has 0 aliphatic carbocycles. The van der Waals surface area contributed by atoms with Crippen molar-refractivity contribution in [2.45, 2.75) is 19.1 Å². The van der Waals surface area contributed by atoms with Gasteiger partial charge in [0, 0.05) is 31.4 Å². The van der Waals surface area contributed by atoms with Gasteiger partial charge in [-0.15, -0.1) is 0 Å². The van der Waals surface area contributed by atoms with Crippen LogP contribution in [0.1, 0.15) is 17.5 Å². The van der Waals surface area contributed by atoms with Crippen LogP contribution in [0.3, 0.4) is 0 Å². The Morgan fingerprint density at radius 3 is 2.21 bits per heavy atom. The van der Waals surface area contributed by atoms with Crippen LogP contribution in [0, 0.1) is 11.6 Å². The zero-order chi connectivity index (χ0) is 24.7. The summed E-state index contributed by atoms with van der Waals surface area (Å²) in [5, 5.41) is 4.88. The standard InChI is InChI=1S/C23H25F5N4O2/c24-19-7-6-18(12-20(19)25)30-21(33)13-29-22(34)15-32-9-1-8-31(10-11-32)14-16-2-4-17(5-3-16)23(26,27)28/h2-7,12H,1,8-11,13-15H2,(H,29,34)(H,30,33). The Balaban J connectivity index is 1.39. The molecule has 0 aromatic heterocycles. The Morgan fingerprint density at radius 1 is 0.853 bits per heavy atom. The molecule has 1 saturated heterocycles. The molecule has 1 aliphatic rings. The number of rotatable bonds is 7. The first-order chi connectivity index (χ1) is 16.1. The van der Waals surface area contributed by atoms with Crippen LogP contribution in [-0.4, -0.2) is 60.9 Å². The monoisotopic (exact) mass is 484 g/mol. The van der Waals surface area contributed by atoms with E-state index in [1.54, 1.807) is 0 Å². The Bertz CT molecular complexity index is 998. The van der Waals surface area contributed by atoms with Crippen LogP contribution in [0.4, 0.5) is 27.6 Å². The number of carbonyl (C=O) groups excluding carboxylic acids is 2. The summed E-state index contributed by atoms with van der Waals surface area (Å²) >= 11 is 0. The van der Waals surface area contributed by atoms with Gasteiger partial charge in [-0.25, -0.2) is 8.78 Å². The summed E-state index contributed by atoms with van der Waals surface area (Å²) in [6.07, 6.45) is -3.58. The second-order valence-electron chi connectivity index (χ2n) is 8.05. The van der Waals surface area contributed by atoms with Gasteiger partial charge in [0.1, 0.15) is 0 Å². The molecule has 2 aromatic carbocycles. The summed E-state index contributed by atoms with van der Waals surface area (Å²) in [5.74, 6) is -3.04. The van der Waals surface area contributed by atoms with Gasteiger partial charge in [-0.2, -0.15) is 13.2 Å². The van der Waals surface area contributed by atoms with Gasteiger partial charge >= 0.3 is 6.18 Å². The normalized spacial score (nSPS) is 15.6. The minimum Gasteiger partial charge on any atom is -0.346 e. The van der Waals surface area contributed by atoms with E-state index in [-0.39, 0.29) is 24.7 Å². The Kier molecular flexibility index (Phi) is 8.56. The summed E-state index contributed by atoms with van der Waals surface area (Å²) in [6, 6.07) is 8.06. The summed E-state index contributed by atoms with van der Waals surface area (Å²) < 4.78 is 64.3. The highest BCUT2D eigenvalue weighted by atomic mass is 19.4. The van der Waals surface area contributed by atoms with Crippen LogP contribution in [0.25, 0.3) is 0 Å². The molecule has 1 aliphatic heterocycles. The Labute approximate surface area is 193 Å². The third-order valence-electron chi connectivity index (χ3n) is 5.39. The molecular weight excluding hydrogens is 459 g/mol. The number of benzene rings is 2. The third kappa shape index (κ3) is 7.77. The molecule has 0 bridgehead atoms. The second kappa shape index (κ2) is 11.4. The average molecular weight is 484 g/mol. The molecular formula is C23H25F5N4O2. The SMILES string of the molecule is O=C(CN1CCCN(Cc2ccc(C(F)(F)F)cc2)CC1)NCC(=O)Nc1ccc(F)c(F)c1. The smallest absolute Gasteiger partial charge is 0.346 e. The van der Waals surface area contributed by atoms with E-state index >= 15 is 0 Å². The fraction of sp³-hybridized carbons (Fsp3) is 0.391. The first kappa shape index (κ1) is 25.6. The summed E-state index contributed by atoms with van der Waals surface area (Å²) in [5.41, 5.74) is 0.188. The van der Waals surface area contributed by atoms with Gasteiger partial charge in [-0.3, -0.25) is 19.4 Å². The third-order valence-corrected chi connectivity index (χ3v) is 5.39. The predicted octanol–water partition coefficient (Wildman–Crippen LogP) is 3.25. The molecule has 6 nitrogen and oxygen atoms in total. The van der Waals surface area contributed by atoms with Gasteiger partial charge in [0.25, 0.3) is 0 Å². The number of halogens is 5. The van der Waals surface area contributed by atoms with E-state index in [2.05, 4.69) is 15.5 Å². The molecule has 11 heteroatoms. The summed E-state index contributed by atoms with van der Waals surface area (Å²) in [4.78, 5) is 28.2. The van der Waals surface area contributed by atoms with Crippen LogP contribution in [0.2, 0.25) is 0 Å². The zero-order valence-electron chi connectivity index (χ0n) is 18.3. The van der Waals surface area contributed by atoms with E-state index in [4.69, 9.17) is 0 Å². The number of alkyl halides is 3. The lowest BCUT2D eigenvalue weighted by atomic mass is 10.1. The van der Waals surface area contributed by atoms with E-state index in [0.717, 1.165) is 42.8 Å². The molecule has 34 heavy (non-hydrogen) atoms. The molecule has 0 spiro atoms.